The van der Waals surface area contributed by atoms with Crippen molar-refractivity contribution in [1.29, 1.82) is 0 Å². The molecule has 5 aromatic carbocycles. The van der Waals surface area contributed by atoms with Crippen LogP contribution in [0.4, 0.5) is 0 Å². The molecule has 0 amide bonds. The average Bonchev–Trinajstić information content (AvgIpc) is 3.59. The van der Waals surface area contributed by atoms with Crippen molar-refractivity contribution >= 4 is 64.3 Å². The Morgan fingerprint density at radius 2 is 1.31 bits per heavy atom. The van der Waals surface area contributed by atoms with Crippen LogP contribution in [-0.2, 0) is 0 Å². The average molecular weight is 466 g/mol. The van der Waals surface area contributed by atoms with Crippen LogP contribution in [0.5, 0.6) is 0 Å². The summed E-state index contributed by atoms with van der Waals surface area (Å²) in [5.41, 5.74) is 6.72. The maximum Gasteiger partial charge on any atom is 0.113 e. The molecule has 164 valence electrons. The molecular weight excluding hydrogens is 446 g/mol. The fourth-order valence-electron chi connectivity index (χ4n) is 5.45. The molecule has 0 bridgehead atoms. The monoisotopic (exact) mass is 465 g/mol. The fraction of sp³-hybridized carbons (Fsp3) is 0. The largest absolute Gasteiger partial charge is 0.307 e. The minimum atomic E-state index is 0.996. The van der Waals surface area contributed by atoms with Crippen LogP contribution in [0, 0.1) is 0 Å². The molecule has 0 atom stereocenters. The molecule has 0 aliphatic rings. The number of thiophene rings is 1. The third kappa shape index (κ3) is 2.63. The molecule has 3 aromatic heterocycles. The summed E-state index contributed by atoms with van der Waals surface area (Å²) >= 11 is 1.86. The first-order chi connectivity index (χ1) is 17.4. The van der Waals surface area contributed by atoms with E-state index in [4.69, 9.17) is 4.98 Å². The lowest BCUT2D eigenvalue weighted by molar-refractivity contribution is 1.09. The molecule has 8 rings (SSSR count). The van der Waals surface area contributed by atoms with Crippen molar-refractivity contribution in [1.82, 2.24) is 14.1 Å². The van der Waals surface area contributed by atoms with Gasteiger partial charge in [0.1, 0.15) is 11.8 Å². The van der Waals surface area contributed by atoms with E-state index in [1.54, 1.807) is 0 Å². The zero-order chi connectivity index (χ0) is 22.9. The van der Waals surface area contributed by atoms with Gasteiger partial charge in [-0.2, -0.15) is 0 Å². The second-order valence-electron chi connectivity index (χ2n) is 8.91. The molecule has 0 spiro atoms. The molecule has 0 radical (unpaired) electrons. The van der Waals surface area contributed by atoms with Gasteiger partial charge in [-0.15, -0.1) is 11.3 Å². The molecule has 0 N–H and O–H groups in total. The topological polar surface area (TPSA) is 22.8 Å². The highest BCUT2D eigenvalue weighted by Crippen LogP contribution is 2.41. The first-order valence-corrected chi connectivity index (χ1v) is 12.5. The number of para-hydroxylation sites is 3. The Hall–Kier alpha value is -4.41. The van der Waals surface area contributed by atoms with Crippen molar-refractivity contribution in [2.24, 2.45) is 0 Å². The van der Waals surface area contributed by atoms with Gasteiger partial charge in [0.05, 0.1) is 22.2 Å². The van der Waals surface area contributed by atoms with Crippen LogP contribution in [-0.4, -0.2) is 14.1 Å². The predicted molar refractivity (Wildman–Crippen MR) is 148 cm³/mol. The number of fused-ring (bicyclic) bond motifs is 7. The summed E-state index contributed by atoms with van der Waals surface area (Å²) in [4.78, 5) is 4.91. The summed E-state index contributed by atoms with van der Waals surface area (Å²) < 4.78 is 7.19. The zero-order valence-electron chi connectivity index (χ0n) is 18.7. The molecule has 0 saturated carbocycles. The second-order valence-corrected chi connectivity index (χ2v) is 10.00. The van der Waals surface area contributed by atoms with E-state index in [-0.39, 0.29) is 0 Å². The summed E-state index contributed by atoms with van der Waals surface area (Å²) in [5, 5.41) is 5.19. The normalized spacial score (nSPS) is 12.0. The highest BCUT2D eigenvalue weighted by atomic mass is 32.1. The van der Waals surface area contributed by atoms with Gasteiger partial charge in [-0.05, 0) is 48.5 Å². The molecule has 0 aliphatic carbocycles. The summed E-state index contributed by atoms with van der Waals surface area (Å²) in [6.07, 6.45) is 1.93. The van der Waals surface area contributed by atoms with Crippen LogP contribution in [0.1, 0.15) is 0 Å². The molecule has 0 aliphatic heterocycles. The van der Waals surface area contributed by atoms with Gasteiger partial charge in [-0.25, -0.2) is 4.98 Å². The van der Waals surface area contributed by atoms with Gasteiger partial charge in [-0.3, -0.25) is 4.57 Å². The van der Waals surface area contributed by atoms with Crippen LogP contribution in [0.3, 0.4) is 0 Å². The Morgan fingerprint density at radius 3 is 2.23 bits per heavy atom. The number of imidazole rings is 1. The lowest BCUT2D eigenvalue weighted by Crippen LogP contribution is -1.96. The molecule has 0 saturated heterocycles. The van der Waals surface area contributed by atoms with E-state index in [0.717, 1.165) is 22.4 Å². The van der Waals surface area contributed by atoms with Crippen molar-refractivity contribution in [3.05, 3.63) is 116 Å². The number of nitrogens with zero attached hydrogens (tertiary/aromatic N) is 3. The van der Waals surface area contributed by atoms with Crippen molar-refractivity contribution in [2.45, 2.75) is 0 Å². The van der Waals surface area contributed by atoms with Gasteiger partial charge in [0.25, 0.3) is 0 Å². The molecule has 0 unspecified atom stereocenters. The molecule has 3 heterocycles. The Morgan fingerprint density at radius 1 is 0.543 bits per heavy atom. The SMILES string of the molecule is c1ccc(-n2cnc3c(-n4c5ccccc5c5cc6c(cc54)sc4ccccc46)cccc32)cc1. The standard InChI is InChI=1S/C31H19N3S/c1-2-9-20(10-3-1)33-19-32-31-26(33)14-8-15-27(31)34-25-13-6-4-11-21(25)23-17-24-22-12-5-7-16-29(22)35-30(24)18-28(23)34/h1-19H. The number of rotatable bonds is 2. The van der Waals surface area contributed by atoms with Crippen LogP contribution in [0.2, 0.25) is 0 Å². The van der Waals surface area contributed by atoms with Gasteiger partial charge in [0.2, 0.25) is 0 Å². The summed E-state index contributed by atoms with van der Waals surface area (Å²) in [6.45, 7) is 0. The van der Waals surface area contributed by atoms with E-state index in [1.807, 2.05) is 23.7 Å². The van der Waals surface area contributed by atoms with Crippen LogP contribution >= 0.6 is 11.3 Å². The fourth-order valence-corrected chi connectivity index (χ4v) is 6.57. The highest BCUT2D eigenvalue weighted by molar-refractivity contribution is 7.25. The lowest BCUT2D eigenvalue weighted by Gasteiger charge is -2.10. The predicted octanol–water partition coefficient (Wildman–Crippen LogP) is 8.49. The summed E-state index contributed by atoms with van der Waals surface area (Å²) in [5.74, 6) is 0. The van der Waals surface area contributed by atoms with Gasteiger partial charge >= 0.3 is 0 Å². The Kier molecular flexibility index (Phi) is 3.82. The van der Waals surface area contributed by atoms with Gasteiger partial charge in [0, 0.05) is 36.6 Å². The highest BCUT2D eigenvalue weighted by Gasteiger charge is 2.18. The maximum absolute atomic E-state index is 4.91. The van der Waals surface area contributed by atoms with Crippen molar-refractivity contribution in [3.8, 4) is 11.4 Å². The summed E-state index contributed by atoms with van der Waals surface area (Å²) in [7, 11) is 0. The van der Waals surface area contributed by atoms with Crippen LogP contribution in [0.25, 0.3) is 64.4 Å². The molecule has 0 fully saturated rings. The van der Waals surface area contributed by atoms with Crippen LogP contribution in [0.15, 0.2) is 116 Å². The first kappa shape index (κ1) is 19.0. The third-order valence-corrected chi connectivity index (χ3v) is 8.14. The van der Waals surface area contributed by atoms with E-state index in [0.29, 0.717) is 0 Å². The quantitative estimate of drug-likeness (QED) is 0.251. The van der Waals surface area contributed by atoms with Gasteiger partial charge in [0.15, 0.2) is 0 Å². The molecule has 8 aromatic rings. The molecule has 4 heteroatoms. The van der Waals surface area contributed by atoms with E-state index < -0.39 is 0 Å². The molecule has 35 heavy (non-hydrogen) atoms. The molecular formula is C31H19N3S. The number of benzene rings is 5. The van der Waals surface area contributed by atoms with E-state index in [1.165, 1.54) is 42.0 Å². The second kappa shape index (κ2) is 7.05. The number of hydrogen-bond acceptors (Lipinski definition) is 2. The Labute approximate surface area is 205 Å². The number of aromatic nitrogens is 3. The maximum atomic E-state index is 4.91. The van der Waals surface area contributed by atoms with E-state index in [9.17, 15) is 0 Å². The number of hydrogen-bond donors (Lipinski definition) is 0. The van der Waals surface area contributed by atoms with Crippen molar-refractivity contribution in [2.75, 3.05) is 0 Å². The first-order valence-electron chi connectivity index (χ1n) is 11.7. The van der Waals surface area contributed by atoms with E-state index in [2.05, 4.69) is 112 Å². The van der Waals surface area contributed by atoms with Crippen molar-refractivity contribution < 1.29 is 0 Å². The Balaban J connectivity index is 1.49. The smallest absolute Gasteiger partial charge is 0.113 e. The van der Waals surface area contributed by atoms with Crippen LogP contribution < -0.4 is 0 Å². The van der Waals surface area contributed by atoms with Gasteiger partial charge in [-0.1, -0.05) is 60.7 Å². The van der Waals surface area contributed by atoms with E-state index >= 15 is 0 Å². The Bertz CT molecular complexity index is 2060. The minimum absolute atomic E-state index is 0.996. The van der Waals surface area contributed by atoms with Gasteiger partial charge < -0.3 is 4.57 Å². The zero-order valence-corrected chi connectivity index (χ0v) is 19.5. The lowest BCUT2D eigenvalue weighted by atomic mass is 10.1. The third-order valence-electron chi connectivity index (χ3n) is 7.00. The van der Waals surface area contributed by atoms with Crippen molar-refractivity contribution in [3.63, 3.8) is 0 Å². The molecule has 3 nitrogen and oxygen atoms in total. The summed E-state index contributed by atoms with van der Waals surface area (Å²) in [6, 6.07) is 39.0. The minimum Gasteiger partial charge on any atom is -0.307 e.